The Morgan fingerprint density at radius 3 is 2.59 bits per heavy atom. The SMILES string of the molecule is CN(C)C(CC(=O)O)c1ccccc1C1CC1. The summed E-state index contributed by atoms with van der Waals surface area (Å²) in [6, 6.07) is 8.24. The Morgan fingerprint density at radius 2 is 2.06 bits per heavy atom. The van der Waals surface area contributed by atoms with Crippen molar-refractivity contribution in [2.45, 2.75) is 31.2 Å². The third kappa shape index (κ3) is 2.86. The highest BCUT2D eigenvalue weighted by Gasteiger charge is 2.29. The highest BCUT2D eigenvalue weighted by molar-refractivity contribution is 5.68. The molecular weight excluding hydrogens is 214 g/mol. The van der Waals surface area contributed by atoms with Gasteiger partial charge < -0.3 is 10.0 Å². The van der Waals surface area contributed by atoms with Gasteiger partial charge in [-0.25, -0.2) is 0 Å². The number of aliphatic carboxylic acids is 1. The van der Waals surface area contributed by atoms with Crippen molar-refractivity contribution in [1.82, 2.24) is 4.90 Å². The zero-order valence-electron chi connectivity index (χ0n) is 10.4. The Labute approximate surface area is 102 Å². The lowest BCUT2D eigenvalue weighted by molar-refractivity contribution is -0.138. The van der Waals surface area contributed by atoms with E-state index in [9.17, 15) is 4.79 Å². The van der Waals surface area contributed by atoms with Gasteiger partial charge in [0.15, 0.2) is 0 Å². The summed E-state index contributed by atoms with van der Waals surface area (Å²) in [7, 11) is 3.88. The second-order valence-electron chi connectivity index (χ2n) is 4.98. The van der Waals surface area contributed by atoms with E-state index in [1.807, 2.05) is 31.1 Å². The van der Waals surface area contributed by atoms with Crippen molar-refractivity contribution in [2.24, 2.45) is 0 Å². The van der Waals surface area contributed by atoms with E-state index in [1.54, 1.807) is 0 Å². The Kier molecular flexibility index (Phi) is 3.48. The molecule has 0 bridgehead atoms. The maximum atomic E-state index is 11.0. The van der Waals surface area contributed by atoms with Crippen LogP contribution in [0.2, 0.25) is 0 Å². The van der Waals surface area contributed by atoms with Crippen LogP contribution in [0.3, 0.4) is 0 Å². The fraction of sp³-hybridized carbons (Fsp3) is 0.500. The van der Waals surface area contributed by atoms with Crippen molar-refractivity contribution in [3.05, 3.63) is 35.4 Å². The van der Waals surface area contributed by atoms with Gasteiger partial charge in [-0.3, -0.25) is 4.79 Å². The topological polar surface area (TPSA) is 40.5 Å². The quantitative estimate of drug-likeness (QED) is 0.850. The normalized spacial score (nSPS) is 17.1. The molecule has 1 saturated carbocycles. The van der Waals surface area contributed by atoms with Crippen molar-refractivity contribution in [1.29, 1.82) is 0 Å². The van der Waals surface area contributed by atoms with Crippen LogP contribution in [0.15, 0.2) is 24.3 Å². The van der Waals surface area contributed by atoms with E-state index < -0.39 is 5.97 Å². The van der Waals surface area contributed by atoms with Crippen LogP contribution in [-0.2, 0) is 4.79 Å². The van der Waals surface area contributed by atoms with Crippen LogP contribution in [0, 0.1) is 0 Å². The molecule has 1 N–H and O–H groups in total. The van der Waals surface area contributed by atoms with Crippen LogP contribution < -0.4 is 0 Å². The highest BCUT2D eigenvalue weighted by Crippen LogP contribution is 2.43. The van der Waals surface area contributed by atoms with Gasteiger partial charge in [-0.2, -0.15) is 0 Å². The molecule has 1 unspecified atom stereocenters. The molecule has 1 atom stereocenters. The minimum absolute atomic E-state index is 0.0238. The fourth-order valence-electron chi connectivity index (χ4n) is 2.32. The predicted molar refractivity (Wildman–Crippen MR) is 67.1 cm³/mol. The third-order valence-electron chi connectivity index (χ3n) is 3.36. The van der Waals surface area contributed by atoms with E-state index in [2.05, 4.69) is 12.1 Å². The van der Waals surface area contributed by atoms with Gasteiger partial charge in [-0.05, 0) is 44.0 Å². The van der Waals surface area contributed by atoms with E-state index in [1.165, 1.54) is 24.0 Å². The summed E-state index contributed by atoms with van der Waals surface area (Å²) in [6.07, 6.45) is 2.64. The molecule has 1 aromatic carbocycles. The molecule has 0 amide bonds. The van der Waals surface area contributed by atoms with Crippen molar-refractivity contribution >= 4 is 5.97 Å². The number of carboxylic acids is 1. The fourth-order valence-corrected chi connectivity index (χ4v) is 2.32. The van der Waals surface area contributed by atoms with Crippen molar-refractivity contribution in [3.63, 3.8) is 0 Å². The Hall–Kier alpha value is -1.35. The van der Waals surface area contributed by atoms with E-state index >= 15 is 0 Å². The molecule has 0 aliphatic heterocycles. The van der Waals surface area contributed by atoms with E-state index in [0.29, 0.717) is 5.92 Å². The van der Waals surface area contributed by atoms with Gasteiger partial charge in [0.05, 0.1) is 6.42 Å². The lowest BCUT2D eigenvalue weighted by Crippen LogP contribution is -2.23. The summed E-state index contributed by atoms with van der Waals surface area (Å²) in [6.45, 7) is 0. The molecule has 0 heterocycles. The molecular formula is C14H19NO2. The van der Waals surface area contributed by atoms with E-state index in [4.69, 9.17) is 5.11 Å². The average Bonchev–Trinajstić information content (AvgIpc) is 3.09. The lowest BCUT2D eigenvalue weighted by Gasteiger charge is -2.25. The van der Waals surface area contributed by atoms with Crippen LogP contribution in [0.1, 0.15) is 42.3 Å². The molecule has 92 valence electrons. The molecule has 1 aliphatic rings. The predicted octanol–water partition coefficient (Wildman–Crippen LogP) is 2.64. The molecule has 0 saturated heterocycles. The van der Waals surface area contributed by atoms with Crippen molar-refractivity contribution in [2.75, 3.05) is 14.1 Å². The smallest absolute Gasteiger partial charge is 0.305 e. The largest absolute Gasteiger partial charge is 0.481 e. The highest BCUT2D eigenvalue weighted by atomic mass is 16.4. The average molecular weight is 233 g/mol. The minimum Gasteiger partial charge on any atom is -0.481 e. The first-order valence-electron chi connectivity index (χ1n) is 6.06. The molecule has 3 nitrogen and oxygen atoms in total. The zero-order valence-corrected chi connectivity index (χ0v) is 10.4. The Bertz CT molecular complexity index is 410. The first-order chi connectivity index (χ1) is 8.09. The van der Waals surface area contributed by atoms with Gasteiger partial charge in [0.25, 0.3) is 0 Å². The molecule has 1 fully saturated rings. The zero-order chi connectivity index (χ0) is 12.4. The van der Waals surface area contributed by atoms with Crippen LogP contribution in [-0.4, -0.2) is 30.1 Å². The molecule has 1 aliphatic carbocycles. The van der Waals surface area contributed by atoms with Crippen LogP contribution in [0.4, 0.5) is 0 Å². The van der Waals surface area contributed by atoms with Crippen LogP contribution >= 0.6 is 0 Å². The summed E-state index contributed by atoms with van der Waals surface area (Å²) in [5.41, 5.74) is 2.52. The maximum Gasteiger partial charge on any atom is 0.305 e. The Balaban J connectivity index is 2.31. The van der Waals surface area contributed by atoms with E-state index in [-0.39, 0.29) is 12.5 Å². The van der Waals surface area contributed by atoms with Crippen molar-refractivity contribution in [3.8, 4) is 0 Å². The standard InChI is InChI=1S/C14H19NO2/c1-15(2)13(9-14(16)17)12-6-4-3-5-11(12)10-7-8-10/h3-6,10,13H,7-9H2,1-2H3,(H,16,17). The summed E-state index contributed by atoms with van der Waals surface area (Å²) in [5, 5.41) is 9.01. The molecule has 2 rings (SSSR count). The summed E-state index contributed by atoms with van der Waals surface area (Å²) < 4.78 is 0. The van der Waals surface area contributed by atoms with Gasteiger partial charge in [-0.1, -0.05) is 24.3 Å². The number of benzene rings is 1. The molecule has 0 aromatic heterocycles. The van der Waals surface area contributed by atoms with Gasteiger partial charge in [-0.15, -0.1) is 0 Å². The summed E-state index contributed by atoms with van der Waals surface area (Å²) >= 11 is 0. The number of carboxylic acid groups (broad SMARTS) is 1. The van der Waals surface area contributed by atoms with Crippen LogP contribution in [0.5, 0.6) is 0 Å². The number of hydrogen-bond acceptors (Lipinski definition) is 2. The maximum absolute atomic E-state index is 11.0. The van der Waals surface area contributed by atoms with Gasteiger partial charge in [0.1, 0.15) is 0 Å². The molecule has 3 heteroatoms. The number of rotatable bonds is 5. The van der Waals surface area contributed by atoms with Crippen molar-refractivity contribution < 1.29 is 9.90 Å². The number of carbonyl (C=O) groups is 1. The number of nitrogens with zero attached hydrogens (tertiary/aromatic N) is 1. The third-order valence-corrected chi connectivity index (χ3v) is 3.36. The number of hydrogen-bond donors (Lipinski definition) is 1. The van der Waals surface area contributed by atoms with Crippen LogP contribution in [0.25, 0.3) is 0 Å². The first kappa shape index (κ1) is 12.1. The van der Waals surface area contributed by atoms with E-state index in [0.717, 1.165) is 0 Å². The van der Waals surface area contributed by atoms with Gasteiger partial charge >= 0.3 is 5.97 Å². The molecule has 1 aromatic rings. The Morgan fingerprint density at radius 1 is 1.41 bits per heavy atom. The second-order valence-corrected chi connectivity index (χ2v) is 4.98. The monoisotopic (exact) mass is 233 g/mol. The van der Waals surface area contributed by atoms with Gasteiger partial charge in [0.2, 0.25) is 0 Å². The lowest BCUT2D eigenvalue weighted by atomic mass is 9.94. The first-order valence-corrected chi connectivity index (χ1v) is 6.06. The molecule has 0 radical (unpaired) electrons. The summed E-state index contributed by atoms with van der Waals surface area (Å²) in [4.78, 5) is 13.0. The summed E-state index contributed by atoms with van der Waals surface area (Å²) in [5.74, 6) is -0.0863. The molecule has 0 spiro atoms. The minimum atomic E-state index is -0.741. The second kappa shape index (κ2) is 4.88. The molecule has 17 heavy (non-hydrogen) atoms. The van der Waals surface area contributed by atoms with Gasteiger partial charge in [0, 0.05) is 6.04 Å².